The number of amides is 2. The van der Waals surface area contributed by atoms with Crippen LogP contribution in [0.15, 0.2) is 24.5 Å². The van der Waals surface area contributed by atoms with E-state index in [9.17, 15) is 19.1 Å². The van der Waals surface area contributed by atoms with Crippen molar-refractivity contribution in [3.05, 3.63) is 41.6 Å². The van der Waals surface area contributed by atoms with E-state index in [0.717, 1.165) is 18.9 Å². The van der Waals surface area contributed by atoms with Crippen molar-refractivity contribution in [2.45, 2.75) is 116 Å². The minimum atomic E-state index is -1.33. The number of ether oxygens (including phenoxy) is 2. The number of carboxylic acid groups (broad SMARTS) is 1. The summed E-state index contributed by atoms with van der Waals surface area (Å²) in [6, 6.07) is 5.27. The Morgan fingerprint density at radius 3 is 2.43 bits per heavy atom. The van der Waals surface area contributed by atoms with Crippen LogP contribution in [0.5, 0.6) is 5.75 Å². The summed E-state index contributed by atoms with van der Waals surface area (Å²) in [5, 5.41) is 13.1. The second-order valence-electron chi connectivity index (χ2n) is 15.4. The Bertz CT molecular complexity index is 1600. The minimum Gasteiger partial charge on any atom is -0.492 e. The number of hydrogen-bond donors (Lipinski definition) is 2. The lowest BCUT2D eigenvalue weighted by molar-refractivity contribution is 0.0519. The highest BCUT2D eigenvalue weighted by Gasteiger charge is 2.36. The van der Waals surface area contributed by atoms with Crippen molar-refractivity contribution in [2.24, 2.45) is 5.92 Å². The van der Waals surface area contributed by atoms with Gasteiger partial charge in [0.2, 0.25) is 0 Å². The summed E-state index contributed by atoms with van der Waals surface area (Å²) in [5.41, 5.74) is 2.96. The van der Waals surface area contributed by atoms with Gasteiger partial charge in [-0.3, -0.25) is 4.79 Å². The molecule has 0 bridgehead atoms. The summed E-state index contributed by atoms with van der Waals surface area (Å²) in [6.07, 6.45) is 5.41. The molecule has 0 saturated heterocycles. The summed E-state index contributed by atoms with van der Waals surface area (Å²) in [5.74, 6) is 0.260. The third-order valence-corrected chi connectivity index (χ3v) is 10.9. The number of carbonyl (C=O) groups excluding carboxylic acids is 1. The van der Waals surface area contributed by atoms with E-state index < -0.39 is 25.5 Å². The zero-order valence-electron chi connectivity index (χ0n) is 28.9. The monoisotopic (exact) mass is 667 g/mol. The maximum Gasteiger partial charge on any atom is 0.407 e. The predicted octanol–water partition coefficient (Wildman–Crippen LogP) is 7.47. The van der Waals surface area contributed by atoms with E-state index in [1.807, 2.05) is 32.3 Å². The summed E-state index contributed by atoms with van der Waals surface area (Å²) >= 11 is 0. The van der Waals surface area contributed by atoms with Gasteiger partial charge in [0.1, 0.15) is 35.8 Å². The summed E-state index contributed by atoms with van der Waals surface area (Å²) < 4.78 is 28.7. The fourth-order valence-electron chi connectivity index (χ4n) is 6.49. The van der Waals surface area contributed by atoms with Crippen molar-refractivity contribution in [1.82, 2.24) is 24.8 Å². The average molecular weight is 668 g/mol. The Balaban J connectivity index is 1.46. The van der Waals surface area contributed by atoms with Crippen LogP contribution in [0.4, 0.5) is 9.18 Å². The largest absolute Gasteiger partial charge is 0.492 e. The molecule has 3 aromatic rings. The third-order valence-electron chi connectivity index (χ3n) is 9.24. The zero-order chi connectivity index (χ0) is 34.1. The first-order valence-corrected chi connectivity index (χ1v) is 20.5. The lowest BCUT2D eigenvalue weighted by atomic mass is 9.88. The number of fused-ring (bicyclic) bond motifs is 1. The molecule has 5 rings (SSSR count). The number of benzene rings is 1. The highest BCUT2D eigenvalue weighted by atomic mass is 28.3. The Hall–Kier alpha value is -3.51. The minimum absolute atomic E-state index is 0.0963. The summed E-state index contributed by atoms with van der Waals surface area (Å²) in [7, 11) is -1.33. The normalized spacial score (nSPS) is 18.7. The van der Waals surface area contributed by atoms with Gasteiger partial charge in [0, 0.05) is 49.6 Å². The second kappa shape index (κ2) is 13.9. The van der Waals surface area contributed by atoms with Gasteiger partial charge in [0.15, 0.2) is 0 Å². The van der Waals surface area contributed by atoms with Crippen molar-refractivity contribution in [2.75, 3.05) is 13.2 Å². The number of aromatic nitrogens is 3. The number of carbonyl (C=O) groups is 2. The predicted molar refractivity (Wildman–Crippen MR) is 183 cm³/mol. The first-order valence-electron chi connectivity index (χ1n) is 16.8. The maximum atomic E-state index is 14.4. The number of nitrogens with zero attached hydrogens (tertiary/aromatic N) is 4. The number of hydrogen-bond acceptors (Lipinski definition) is 6. The first kappa shape index (κ1) is 34.8. The summed E-state index contributed by atoms with van der Waals surface area (Å²) in [4.78, 5) is 36.9. The molecule has 2 aromatic heterocycles. The molecule has 0 atom stereocenters. The van der Waals surface area contributed by atoms with E-state index in [1.54, 1.807) is 11.0 Å². The molecule has 2 N–H and O–H groups in total. The molecule has 256 valence electrons. The van der Waals surface area contributed by atoms with Crippen LogP contribution in [0.25, 0.3) is 22.3 Å². The van der Waals surface area contributed by atoms with Gasteiger partial charge in [-0.1, -0.05) is 19.6 Å². The molecule has 1 aromatic carbocycles. The van der Waals surface area contributed by atoms with E-state index in [-0.39, 0.29) is 24.7 Å². The van der Waals surface area contributed by atoms with E-state index in [0.29, 0.717) is 84.1 Å². The Labute approximate surface area is 278 Å². The van der Waals surface area contributed by atoms with Crippen molar-refractivity contribution in [3.63, 3.8) is 0 Å². The maximum absolute atomic E-state index is 14.4. The van der Waals surface area contributed by atoms with E-state index in [1.165, 1.54) is 18.5 Å². The first-order chi connectivity index (χ1) is 22.1. The number of halogens is 1. The Kier molecular flexibility index (Phi) is 10.3. The topological polar surface area (TPSA) is 119 Å². The number of rotatable bonds is 12. The summed E-state index contributed by atoms with van der Waals surface area (Å²) in [6.45, 7) is 15.8. The lowest BCUT2D eigenvalue weighted by Crippen LogP contribution is -2.53. The molecule has 2 saturated carbocycles. The fourth-order valence-corrected chi connectivity index (χ4v) is 7.24. The van der Waals surface area contributed by atoms with E-state index in [2.05, 4.69) is 34.9 Å². The van der Waals surface area contributed by atoms with Crippen LogP contribution in [0.1, 0.15) is 75.3 Å². The molecule has 0 aliphatic heterocycles. The SMILES string of the molecule is Cc1c(C(=O)N[C@H]2CC[C@H](N(C(=O)O)C(C)(C)C)CC2)c2ncnc(-c3ccc(F)cc3OCC3CC3)c2n1COCC[Si](C)(C)C. The van der Waals surface area contributed by atoms with Gasteiger partial charge in [-0.15, -0.1) is 0 Å². The lowest BCUT2D eigenvalue weighted by Gasteiger charge is -2.42. The molecule has 47 heavy (non-hydrogen) atoms. The molecule has 2 heterocycles. The van der Waals surface area contributed by atoms with Crippen molar-refractivity contribution in [3.8, 4) is 17.0 Å². The van der Waals surface area contributed by atoms with Crippen LogP contribution in [-0.4, -0.2) is 75.5 Å². The Morgan fingerprint density at radius 2 is 1.81 bits per heavy atom. The van der Waals surface area contributed by atoms with Gasteiger partial charge in [-0.05, 0) is 90.3 Å². The van der Waals surface area contributed by atoms with Gasteiger partial charge >= 0.3 is 6.09 Å². The molecule has 2 aliphatic rings. The molecule has 10 nitrogen and oxygen atoms in total. The molecule has 0 unspecified atom stereocenters. The van der Waals surface area contributed by atoms with Crippen LogP contribution >= 0.6 is 0 Å². The standard InChI is InChI=1S/C35H50FN5O5Si/c1-22-29(33(42)39-25-11-13-26(14-12-25)41(34(43)44)35(2,3)4)31-32(40(22)21-45-16-17-47(5,6)7)30(37-20-38-31)27-15-10-24(36)18-28(27)46-19-23-8-9-23/h10,15,18,20,23,25-26H,8-9,11-14,16-17,19,21H2,1-7H3,(H,39,42)(H,43,44)/t25-,26-. The Morgan fingerprint density at radius 1 is 1.11 bits per heavy atom. The highest BCUT2D eigenvalue weighted by Crippen LogP contribution is 2.38. The van der Waals surface area contributed by atoms with Crippen LogP contribution in [-0.2, 0) is 11.5 Å². The molecule has 2 aliphatic carbocycles. The number of nitrogens with one attached hydrogen (secondary N) is 1. The molecule has 0 spiro atoms. The molecule has 2 fully saturated rings. The molecule has 0 radical (unpaired) electrons. The zero-order valence-corrected chi connectivity index (χ0v) is 29.9. The van der Waals surface area contributed by atoms with Crippen molar-refractivity contribution in [1.29, 1.82) is 0 Å². The van der Waals surface area contributed by atoms with Crippen LogP contribution in [0.3, 0.4) is 0 Å². The fraction of sp³-hybridized carbons (Fsp3) is 0.600. The van der Waals surface area contributed by atoms with Crippen molar-refractivity contribution < 1.29 is 28.6 Å². The molecular formula is C35H50FN5O5Si. The van der Waals surface area contributed by atoms with E-state index >= 15 is 0 Å². The highest BCUT2D eigenvalue weighted by molar-refractivity contribution is 6.76. The quantitative estimate of drug-likeness (QED) is 0.152. The van der Waals surface area contributed by atoms with Gasteiger partial charge in [-0.2, -0.15) is 0 Å². The van der Waals surface area contributed by atoms with Crippen LogP contribution in [0, 0.1) is 18.7 Å². The molecular weight excluding hydrogens is 617 g/mol. The second-order valence-corrected chi connectivity index (χ2v) is 21.0. The van der Waals surface area contributed by atoms with Gasteiger partial charge < -0.3 is 29.4 Å². The van der Waals surface area contributed by atoms with E-state index in [4.69, 9.17) is 9.47 Å². The van der Waals surface area contributed by atoms with Gasteiger partial charge in [0.25, 0.3) is 5.91 Å². The van der Waals surface area contributed by atoms with Crippen LogP contribution < -0.4 is 10.1 Å². The van der Waals surface area contributed by atoms with Crippen LogP contribution in [0.2, 0.25) is 25.7 Å². The van der Waals surface area contributed by atoms with Crippen molar-refractivity contribution >= 4 is 31.1 Å². The van der Waals surface area contributed by atoms with Gasteiger partial charge in [-0.25, -0.2) is 19.2 Å². The third kappa shape index (κ3) is 8.32. The molecule has 12 heteroatoms. The smallest absolute Gasteiger partial charge is 0.407 e. The molecule has 2 amide bonds. The van der Waals surface area contributed by atoms with Gasteiger partial charge in [0.05, 0.1) is 17.7 Å². The average Bonchev–Trinajstić information content (AvgIpc) is 3.76.